The molecule has 1 rings (SSSR count). The van der Waals surface area contributed by atoms with E-state index in [9.17, 15) is 4.79 Å². The molecule has 13 heavy (non-hydrogen) atoms. The van der Waals surface area contributed by atoms with E-state index < -0.39 is 0 Å². The predicted molar refractivity (Wildman–Crippen MR) is 53.8 cm³/mol. The topological polar surface area (TPSA) is 34.0 Å². The Labute approximate surface area is 78.4 Å². The summed E-state index contributed by atoms with van der Waals surface area (Å²) < 4.78 is 1.76. The molecular formula is C10H16N2O. The van der Waals surface area contributed by atoms with E-state index >= 15 is 0 Å². The first-order valence-corrected chi connectivity index (χ1v) is 4.62. The second-order valence-corrected chi connectivity index (χ2v) is 3.06. The van der Waals surface area contributed by atoms with Crippen LogP contribution in [0.3, 0.4) is 0 Å². The number of aryl methyl sites for hydroxylation is 1. The first-order valence-electron chi connectivity index (χ1n) is 4.62. The number of nitrogens with one attached hydrogen (secondary N) is 1. The van der Waals surface area contributed by atoms with Crippen LogP contribution < -0.4 is 10.9 Å². The SMILES string of the molecule is CCCn1cccc(CNC)c1=O. The molecule has 0 spiro atoms. The molecule has 0 aliphatic rings. The lowest BCUT2D eigenvalue weighted by atomic mass is 10.2. The minimum Gasteiger partial charge on any atom is -0.315 e. The molecule has 1 aromatic rings. The number of nitrogens with zero attached hydrogens (tertiary/aromatic N) is 1. The van der Waals surface area contributed by atoms with Crippen LogP contribution in [0.15, 0.2) is 23.1 Å². The highest BCUT2D eigenvalue weighted by atomic mass is 16.1. The molecule has 3 heteroatoms. The number of pyridine rings is 1. The highest BCUT2D eigenvalue weighted by Crippen LogP contribution is 1.92. The van der Waals surface area contributed by atoms with Gasteiger partial charge in [-0.05, 0) is 19.5 Å². The van der Waals surface area contributed by atoms with Crippen LogP contribution in [0.2, 0.25) is 0 Å². The fourth-order valence-electron chi connectivity index (χ4n) is 1.33. The Bertz CT molecular complexity index is 290. The summed E-state index contributed by atoms with van der Waals surface area (Å²) in [6.07, 6.45) is 2.83. The molecule has 0 atom stereocenters. The largest absolute Gasteiger partial charge is 0.315 e. The predicted octanol–water partition coefficient (Wildman–Crippen LogP) is 0.978. The fourth-order valence-corrected chi connectivity index (χ4v) is 1.33. The number of rotatable bonds is 4. The van der Waals surface area contributed by atoms with Crippen molar-refractivity contribution in [2.75, 3.05) is 7.05 Å². The van der Waals surface area contributed by atoms with Gasteiger partial charge in [0.2, 0.25) is 0 Å². The normalized spacial score (nSPS) is 10.3. The smallest absolute Gasteiger partial charge is 0.255 e. The lowest BCUT2D eigenvalue weighted by molar-refractivity contribution is 0.641. The van der Waals surface area contributed by atoms with Crippen LogP contribution >= 0.6 is 0 Å². The van der Waals surface area contributed by atoms with Gasteiger partial charge in [0.15, 0.2) is 0 Å². The lowest BCUT2D eigenvalue weighted by Crippen LogP contribution is -2.25. The summed E-state index contributed by atoms with van der Waals surface area (Å²) in [4.78, 5) is 11.7. The Morgan fingerprint density at radius 3 is 2.92 bits per heavy atom. The molecule has 1 aromatic heterocycles. The molecular weight excluding hydrogens is 164 g/mol. The van der Waals surface area contributed by atoms with Gasteiger partial charge in [-0.3, -0.25) is 4.79 Å². The van der Waals surface area contributed by atoms with Crippen molar-refractivity contribution in [1.82, 2.24) is 9.88 Å². The molecule has 0 fully saturated rings. The molecule has 1 N–H and O–H groups in total. The summed E-state index contributed by atoms with van der Waals surface area (Å²) in [6.45, 7) is 3.51. The minimum atomic E-state index is 0.124. The van der Waals surface area contributed by atoms with Crippen LogP contribution in [-0.4, -0.2) is 11.6 Å². The molecule has 0 bridgehead atoms. The summed E-state index contributed by atoms with van der Waals surface area (Å²) in [7, 11) is 1.84. The molecule has 0 radical (unpaired) electrons. The summed E-state index contributed by atoms with van der Waals surface area (Å²) in [5.41, 5.74) is 0.956. The highest BCUT2D eigenvalue weighted by molar-refractivity contribution is 5.09. The van der Waals surface area contributed by atoms with E-state index in [0.717, 1.165) is 18.5 Å². The molecule has 0 saturated heterocycles. The van der Waals surface area contributed by atoms with Crippen molar-refractivity contribution in [3.8, 4) is 0 Å². The third-order valence-electron chi connectivity index (χ3n) is 1.93. The second-order valence-electron chi connectivity index (χ2n) is 3.06. The van der Waals surface area contributed by atoms with E-state index in [1.165, 1.54) is 0 Å². The van der Waals surface area contributed by atoms with Crippen molar-refractivity contribution >= 4 is 0 Å². The third-order valence-corrected chi connectivity index (χ3v) is 1.93. The first kappa shape index (κ1) is 9.99. The number of aromatic nitrogens is 1. The van der Waals surface area contributed by atoms with Crippen molar-refractivity contribution in [1.29, 1.82) is 0 Å². The second kappa shape index (κ2) is 4.82. The van der Waals surface area contributed by atoms with Crippen molar-refractivity contribution in [3.05, 3.63) is 34.2 Å². The Morgan fingerprint density at radius 1 is 1.54 bits per heavy atom. The van der Waals surface area contributed by atoms with Crippen LogP contribution in [0.1, 0.15) is 18.9 Å². The molecule has 0 aliphatic carbocycles. The maximum absolute atomic E-state index is 11.7. The van der Waals surface area contributed by atoms with Crippen molar-refractivity contribution in [3.63, 3.8) is 0 Å². The molecule has 72 valence electrons. The zero-order chi connectivity index (χ0) is 9.68. The third kappa shape index (κ3) is 2.42. The summed E-state index contributed by atoms with van der Waals surface area (Å²) in [5, 5.41) is 2.98. The molecule has 0 aromatic carbocycles. The van der Waals surface area contributed by atoms with E-state index in [4.69, 9.17) is 0 Å². The van der Waals surface area contributed by atoms with Crippen LogP contribution in [0.5, 0.6) is 0 Å². The molecule has 0 saturated carbocycles. The molecule has 0 unspecified atom stereocenters. The van der Waals surface area contributed by atoms with Crippen LogP contribution in [0.4, 0.5) is 0 Å². The average Bonchev–Trinajstić information content (AvgIpc) is 2.13. The summed E-state index contributed by atoms with van der Waals surface area (Å²) in [5.74, 6) is 0. The van der Waals surface area contributed by atoms with Crippen molar-refractivity contribution < 1.29 is 0 Å². The Morgan fingerprint density at radius 2 is 2.31 bits per heavy atom. The van der Waals surface area contributed by atoms with Gasteiger partial charge in [0, 0.05) is 24.8 Å². The van der Waals surface area contributed by atoms with E-state index in [-0.39, 0.29) is 5.56 Å². The van der Waals surface area contributed by atoms with Gasteiger partial charge in [0.05, 0.1) is 0 Å². The zero-order valence-corrected chi connectivity index (χ0v) is 8.21. The van der Waals surface area contributed by atoms with E-state index in [1.54, 1.807) is 4.57 Å². The Kier molecular flexibility index (Phi) is 3.71. The van der Waals surface area contributed by atoms with Crippen molar-refractivity contribution in [2.24, 2.45) is 0 Å². The van der Waals surface area contributed by atoms with Gasteiger partial charge in [0.25, 0.3) is 5.56 Å². The van der Waals surface area contributed by atoms with Crippen molar-refractivity contribution in [2.45, 2.75) is 26.4 Å². The van der Waals surface area contributed by atoms with Gasteiger partial charge in [0.1, 0.15) is 0 Å². The Hall–Kier alpha value is -1.09. The van der Waals surface area contributed by atoms with E-state index in [0.29, 0.717) is 6.54 Å². The van der Waals surface area contributed by atoms with E-state index in [1.807, 2.05) is 25.4 Å². The van der Waals surface area contributed by atoms with Gasteiger partial charge < -0.3 is 9.88 Å². The minimum absolute atomic E-state index is 0.124. The Balaban J connectivity index is 2.97. The summed E-state index contributed by atoms with van der Waals surface area (Å²) >= 11 is 0. The van der Waals surface area contributed by atoms with Crippen LogP contribution in [0, 0.1) is 0 Å². The molecule has 0 amide bonds. The number of hydrogen-bond acceptors (Lipinski definition) is 2. The first-order chi connectivity index (χ1) is 6.29. The van der Waals surface area contributed by atoms with Gasteiger partial charge in [-0.1, -0.05) is 13.0 Å². The summed E-state index contributed by atoms with van der Waals surface area (Å²) in [6, 6.07) is 3.79. The van der Waals surface area contributed by atoms with Gasteiger partial charge >= 0.3 is 0 Å². The highest BCUT2D eigenvalue weighted by Gasteiger charge is 1.99. The van der Waals surface area contributed by atoms with E-state index in [2.05, 4.69) is 12.2 Å². The molecule has 3 nitrogen and oxygen atoms in total. The van der Waals surface area contributed by atoms with Crippen LogP contribution in [-0.2, 0) is 13.1 Å². The molecule has 1 heterocycles. The standard InChI is InChI=1S/C10H16N2O/c1-3-6-12-7-4-5-9(8-11-2)10(12)13/h4-5,7,11H,3,6,8H2,1-2H3. The monoisotopic (exact) mass is 180 g/mol. The van der Waals surface area contributed by atoms with Gasteiger partial charge in [-0.2, -0.15) is 0 Å². The zero-order valence-electron chi connectivity index (χ0n) is 8.21. The quantitative estimate of drug-likeness (QED) is 0.749. The maximum atomic E-state index is 11.7. The van der Waals surface area contributed by atoms with Gasteiger partial charge in [-0.15, -0.1) is 0 Å². The maximum Gasteiger partial charge on any atom is 0.255 e. The average molecular weight is 180 g/mol. The molecule has 0 aliphatic heterocycles. The lowest BCUT2D eigenvalue weighted by Gasteiger charge is -2.05. The van der Waals surface area contributed by atoms with Crippen LogP contribution in [0.25, 0.3) is 0 Å². The number of hydrogen-bond donors (Lipinski definition) is 1. The fraction of sp³-hybridized carbons (Fsp3) is 0.500. The van der Waals surface area contributed by atoms with Gasteiger partial charge in [-0.25, -0.2) is 0 Å².